The Labute approximate surface area is 105 Å². The third-order valence-electron chi connectivity index (χ3n) is 2.09. The van der Waals surface area contributed by atoms with Crippen molar-refractivity contribution >= 4 is 17.7 Å². The molecule has 7 heteroatoms. The van der Waals surface area contributed by atoms with Crippen molar-refractivity contribution < 1.29 is 19.4 Å². The molecule has 0 aliphatic carbocycles. The number of hydrogen-bond acceptors (Lipinski definition) is 5. The number of aliphatic hydroxyl groups excluding tert-OH is 1. The number of nitrogens with zero attached hydrogens (tertiary/aromatic N) is 2. The molecule has 0 aliphatic heterocycles. The number of carbonyl (C=O) groups is 2. The second-order valence-electron chi connectivity index (χ2n) is 3.65. The van der Waals surface area contributed by atoms with E-state index in [0.717, 1.165) is 5.69 Å². The van der Waals surface area contributed by atoms with Crippen LogP contribution < -0.4 is 5.32 Å². The normalized spacial score (nSPS) is 10.2. The third-order valence-corrected chi connectivity index (χ3v) is 2.09. The Morgan fingerprint density at radius 2 is 2.28 bits per heavy atom. The fraction of sp³-hybridized carbons (Fsp3) is 0.545. The van der Waals surface area contributed by atoms with E-state index in [-0.39, 0.29) is 26.2 Å². The highest BCUT2D eigenvalue weighted by Gasteiger charge is 2.13. The zero-order valence-corrected chi connectivity index (χ0v) is 10.5. The number of hydrogen-bond donors (Lipinski definition) is 2. The lowest BCUT2D eigenvalue weighted by molar-refractivity contribution is -0.145. The maximum atomic E-state index is 11.5. The second-order valence-corrected chi connectivity index (χ2v) is 3.65. The van der Waals surface area contributed by atoms with E-state index in [2.05, 4.69) is 15.2 Å². The van der Waals surface area contributed by atoms with Gasteiger partial charge in [-0.15, -0.1) is 0 Å². The molecular formula is C11H17N3O4. The predicted octanol–water partition coefficient (Wildman–Crippen LogP) is 0.0755. The first-order valence-electron chi connectivity index (χ1n) is 5.67. The van der Waals surface area contributed by atoms with Crippen LogP contribution in [0.15, 0.2) is 6.07 Å². The molecule has 1 aromatic heterocycles. The standard InChI is InChI=1S/C11H17N3O4/c1-3-18-11(17)7-10(16)12-9-6-8(2)13-14(9)4-5-15/h6,15H,3-5,7H2,1-2H3,(H,12,16). The van der Waals surface area contributed by atoms with E-state index in [9.17, 15) is 9.59 Å². The topological polar surface area (TPSA) is 93.5 Å². The molecule has 1 rings (SSSR count). The molecule has 0 aliphatic rings. The van der Waals surface area contributed by atoms with E-state index < -0.39 is 11.9 Å². The van der Waals surface area contributed by atoms with Gasteiger partial charge < -0.3 is 15.2 Å². The number of anilines is 1. The minimum Gasteiger partial charge on any atom is -0.466 e. The number of aryl methyl sites for hydroxylation is 1. The van der Waals surface area contributed by atoms with Crippen LogP contribution >= 0.6 is 0 Å². The van der Waals surface area contributed by atoms with Crippen LogP contribution in [-0.4, -0.2) is 40.0 Å². The summed E-state index contributed by atoms with van der Waals surface area (Å²) in [7, 11) is 0. The summed E-state index contributed by atoms with van der Waals surface area (Å²) in [5, 5.41) is 15.5. The molecule has 1 aromatic rings. The summed E-state index contributed by atoms with van der Waals surface area (Å²) in [6.45, 7) is 3.89. The molecule has 2 N–H and O–H groups in total. The second kappa shape index (κ2) is 6.75. The van der Waals surface area contributed by atoms with Crippen LogP contribution in [0.3, 0.4) is 0 Å². The minimum absolute atomic E-state index is 0.0815. The Balaban J connectivity index is 2.60. The molecule has 0 saturated carbocycles. The number of rotatable bonds is 6. The highest BCUT2D eigenvalue weighted by molar-refractivity contribution is 6.01. The zero-order valence-electron chi connectivity index (χ0n) is 10.5. The monoisotopic (exact) mass is 255 g/mol. The Hall–Kier alpha value is -1.89. The lowest BCUT2D eigenvalue weighted by Crippen LogP contribution is -2.20. The number of aliphatic hydroxyl groups is 1. The van der Waals surface area contributed by atoms with Crippen molar-refractivity contribution in [1.29, 1.82) is 0 Å². The van der Waals surface area contributed by atoms with Crippen molar-refractivity contribution in [2.45, 2.75) is 26.8 Å². The molecule has 0 unspecified atom stereocenters. The molecule has 7 nitrogen and oxygen atoms in total. The van der Waals surface area contributed by atoms with Crippen molar-refractivity contribution in [1.82, 2.24) is 9.78 Å². The van der Waals surface area contributed by atoms with E-state index in [1.54, 1.807) is 19.9 Å². The van der Waals surface area contributed by atoms with Gasteiger partial charge in [0.05, 0.1) is 25.5 Å². The van der Waals surface area contributed by atoms with Crippen LogP contribution in [0.1, 0.15) is 19.0 Å². The zero-order chi connectivity index (χ0) is 13.5. The molecule has 0 aromatic carbocycles. The molecular weight excluding hydrogens is 238 g/mol. The van der Waals surface area contributed by atoms with Crippen molar-refractivity contribution in [3.8, 4) is 0 Å². The summed E-state index contributed by atoms with van der Waals surface area (Å²) >= 11 is 0. The van der Waals surface area contributed by atoms with Gasteiger partial charge in [-0.1, -0.05) is 0 Å². The first-order chi connectivity index (χ1) is 8.56. The van der Waals surface area contributed by atoms with Crippen molar-refractivity contribution in [2.75, 3.05) is 18.5 Å². The number of esters is 1. The van der Waals surface area contributed by atoms with Crippen molar-refractivity contribution in [3.63, 3.8) is 0 Å². The van der Waals surface area contributed by atoms with Gasteiger partial charge in [0.1, 0.15) is 12.2 Å². The van der Waals surface area contributed by atoms with Gasteiger partial charge in [0, 0.05) is 6.07 Å². The van der Waals surface area contributed by atoms with Gasteiger partial charge in [-0.2, -0.15) is 5.10 Å². The third kappa shape index (κ3) is 4.17. The Bertz CT molecular complexity index is 428. The molecule has 0 spiro atoms. The lowest BCUT2D eigenvalue weighted by Gasteiger charge is -2.07. The molecule has 1 amide bonds. The Morgan fingerprint density at radius 3 is 2.89 bits per heavy atom. The summed E-state index contributed by atoms with van der Waals surface area (Å²) in [5.74, 6) is -0.580. The van der Waals surface area contributed by atoms with Gasteiger partial charge in [0.2, 0.25) is 5.91 Å². The van der Waals surface area contributed by atoms with Crippen LogP contribution in [0.4, 0.5) is 5.82 Å². The van der Waals surface area contributed by atoms with Crippen LogP contribution in [0.2, 0.25) is 0 Å². The van der Waals surface area contributed by atoms with Crippen molar-refractivity contribution in [2.24, 2.45) is 0 Å². The fourth-order valence-electron chi connectivity index (χ4n) is 1.44. The maximum absolute atomic E-state index is 11.5. The predicted molar refractivity (Wildman–Crippen MR) is 63.9 cm³/mol. The molecule has 100 valence electrons. The van der Waals surface area contributed by atoms with E-state index in [0.29, 0.717) is 5.82 Å². The number of amides is 1. The summed E-state index contributed by atoms with van der Waals surface area (Å²) in [5.41, 5.74) is 0.717. The largest absolute Gasteiger partial charge is 0.466 e. The molecule has 1 heterocycles. The first-order valence-corrected chi connectivity index (χ1v) is 5.67. The molecule has 0 saturated heterocycles. The van der Waals surface area contributed by atoms with Crippen LogP contribution in [0.25, 0.3) is 0 Å². The average Bonchev–Trinajstić information content (AvgIpc) is 2.59. The molecule has 0 fully saturated rings. The SMILES string of the molecule is CCOC(=O)CC(=O)Nc1cc(C)nn1CCO. The number of aromatic nitrogens is 2. The van der Waals surface area contributed by atoms with Gasteiger partial charge in [-0.3, -0.25) is 9.59 Å². The summed E-state index contributed by atoms with van der Waals surface area (Å²) in [4.78, 5) is 22.7. The van der Waals surface area contributed by atoms with E-state index in [4.69, 9.17) is 5.11 Å². The van der Waals surface area contributed by atoms with Crippen molar-refractivity contribution in [3.05, 3.63) is 11.8 Å². The number of nitrogens with one attached hydrogen (secondary N) is 1. The Morgan fingerprint density at radius 1 is 1.56 bits per heavy atom. The van der Waals surface area contributed by atoms with Crippen LogP contribution in [0.5, 0.6) is 0 Å². The van der Waals surface area contributed by atoms with Crippen LogP contribution in [-0.2, 0) is 20.9 Å². The van der Waals surface area contributed by atoms with Gasteiger partial charge >= 0.3 is 5.97 Å². The van der Waals surface area contributed by atoms with Gasteiger partial charge in [0.15, 0.2) is 0 Å². The number of carbonyl (C=O) groups excluding carboxylic acids is 2. The van der Waals surface area contributed by atoms with Crippen LogP contribution in [0, 0.1) is 6.92 Å². The summed E-state index contributed by atoms with van der Waals surface area (Å²) in [6.07, 6.45) is -0.336. The quantitative estimate of drug-likeness (QED) is 0.554. The van der Waals surface area contributed by atoms with Gasteiger partial charge in [-0.25, -0.2) is 4.68 Å². The van der Waals surface area contributed by atoms with Gasteiger partial charge in [0.25, 0.3) is 0 Å². The Kier molecular flexibility index (Phi) is 5.31. The minimum atomic E-state index is -0.569. The van der Waals surface area contributed by atoms with E-state index in [1.165, 1.54) is 4.68 Å². The van der Waals surface area contributed by atoms with Gasteiger partial charge in [-0.05, 0) is 13.8 Å². The lowest BCUT2D eigenvalue weighted by atomic mass is 10.4. The fourth-order valence-corrected chi connectivity index (χ4v) is 1.44. The molecule has 0 radical (unpaired) electrons. The maximum Gasteiger partial charge on any atom is 0.315 e. The first kappa shape index (κ1) is 14.2. The summed E-state index contributed by atoms with van der Waals surface area (Å²) in [6, 6.07) is 1.67. The summed E-state index contributed by atoms with van der Waals surface area (Å²) < 4.78 is 6.14. The smallest absolute Gasteiger partial charge is 0.315 e. The highest BCUT2D eigenvalue weighted by atomic mass is 16.5. The van der Waals surface area contributed by atoms with E-state index in [1.807, 2.05) is 0 Å². The molecule has 0 bridgehead atoms. The van der Waals surface area contributed by atoms with E-state index >= 15 is 0 Å². The number of ether oxygens (including phenoxy) is 1. The highest BCUT2D eigenvalue weighted by Crippen LogP contribution is 2.10. The molecule has 18 heavy (non-hydrogen) atoms. The molecule has 0 atom stereocenters. The average molecular weight is 255 g/mol.